The number of hydrogen-bond acceptors (Lipinski definition) is 3. The van der Waals surface area contributed by atoms with Crippen molar-refractivity contribution in [1.29, 1.82) is 0 Å². The van der Waals surface area contributed by atoms with Crippen LogP contribution in [0, 0.1) is 9.39 Å². The summed E-state index contributed by atoms with van der Waals surface area (Å²) in [6.45, 7) is -0.709. The van der Waals surface area contributed by atoms with Gasteiger partial charge in [0.2, 0.25) is 0 Å². The Balaban J connectivity index is 2.86. The molecule has 0 radical (unpaired) electrons. The smallest absolute Gasteiger partial charge is 0.328 e. The minimum Gasteiger partial charge on any atom is -0.480 e. The lowest BCUT2D eigenvalue weighted by Crippen LogP contribution is -2.43. The molecule has 0 aliphatic carbocycles. The minimum absolute atomic E-state index is 0.159. The molecule has 0 bridgehead atoms. The molecule has 7 heteroatoms. The second kappa shape index (κ2) is 5.92. The molecule has 0 heterocycles. The lowest BCUT2D eigenvalue weighted by Gasteiger charge is -2.12. The van der Waals surface area contributed by atoms with Crippen LogP contribution in [0.1, 0.15) is 10.4 Å². The van der Waals surface area contributed by atoms with Crippen LogP contribution in [0.4, 0.5) is 4.39 Å². The Morgan fingerprint density at radius 3 is 2.59 bits per heavy atom. The highest BCUT2D eigenvalue weighted by Crippen LogP contribution is 2.13. The summed E-state index contributed by atoms with van der Waals surface area (Å²) in [5, 5.41) is 19.5. The molecule has 1 rings (SSSR count). The summed E-state index contributed by atoms with van der Waals surface area (Å²) in [7, 11) is 0. The number of carbonyl (C=O) groups is 2. The van der Waals surface area contributed by atoms with Crippen LogP contribution >= 0.6 is 22.6 Å². The van der Waals surface area contributed by atoms with Gasteiger partial charge in [-0.15, -0.1) is 0 Å². The third kappa shape index (κ3) is 3.63. The molecule has 0 fully saturated rings. The van der Waals surface area contributed by atoms with Gasteiger partial charge in [0, 0.05) is 3.57 Å². The monoisotopic (exact) mass is 353 g/mol. The number of carbonyl (C=O) groups excluding carboxylic acids is 1. The van der Waals surface area contributed by atoms with E-state index in [1.54, 1.807) is 22.6 Å². The van der Waals surface area contributed by atoms with Crippen LogP contribution in [-0.2, 0) is 4.79 Å². The maximum Gasteiger partial charge on any atom is 0.328 e. The normalized spacial score (nSPS) is 11.9. The first kappa shape index (κ1) is 13.8. The summed E-state index contributed by atoms with van der Waals surface area (Å²) in [6.07, 6.45) is 0. The number of aliphatic hydroxyl groups excluding tert-OH is 1. The van der Waals surface area contributed by atoms with E-state index in [1.165, 1.54) is 6.07 Å². The van der Waals surface area contributed by atoms with Gasteiger partial charge in [0.05, 0.1) is 12.2 Å². The van der Waals surface area contributed by atoms with Crippen molar-refractivity contribution in [1.82, 2.24) is 5.32 Å². The number of aliphatic carboxylic acids is 1. The molecule has 5 nitrogen and oxygen atoms in total. The largest absolute Gasteiger partial charge is 0.480 e. The third-order valence-corrected chi connectivity index (χ3v) is 2.85. The zero-order chi connectivity index (χ0) is 13.0. The Labute approximate surface area is 110 Å². The summed E-state index contributed by atoms with van der Waals surface area (Å²) >= 11 is 1.77. The van der Waals surface area contributed by atoms with Crippen molar-refractivity contribution >= 4 is 34.5 Å². The van der Waals surface area contributed by atoms with Crippen LogP contribution < -0.4 is 5.32 Å². The van der Waals surface area contributed by atoms with Gasteiger partial charge in [-0.25, -0.2) is 9.18 Å². The first-order valence-electron chi connectivity index (χ1n) is 4.55. The van der Waals surface area contributed by atoms with E-state index in [2.05, 4.69) is 5.32 Å². The Morgan fingerprint density at radius 1 is 1.47 bits per heavy atom. The highest BCUT2D eigenvalue weighted by Gasteiger charge is 2.20. The third-order valence-electron chi connectivity index (χ3n) is 1.96. The molecule has 0 saturated carbocycles. The molecule has 0 saturated heterocycles. The molecule has 3 N–H and O–H groups in total. The van der Waals surface area contributed by atoms with E-state index in [0.717, 1.165) is 12.1 Å². The lowest BCUT2D eigenvalue weighted by atomic mass is 10.2. The van der Waals surface area contributed by atoms with Gasteiger partial charge in [-0.1, -0.05) is 0 Å². The number of nitrogens with one attached hydrogen (secondary N) is 1. The fourth-order valence-corrected chi connectivity index (χ4v) is 1.82. The summed E-state index contributed by atoms with van der Waals surface area (Å²) < 4.78 is 13.2. The number of carboxylic acids is 1. The van der Waals surface area contributed by atoms with Gasteiger partial charge in [-0.2, -0.15) is 0 Å². The number of rotatable bonds is 4. The molecule has 0 aromatic heterocycles. The molecule has 0 aliphatic heterocycles. The number of amides is 1. The fraction of sp³-hybridized carbons (Fsp3) is 0.200. The Bertz CT molecular complexity index is 452. The Kier molecular flexibility index (Phi) is 4.82. The first-order valence-corrected chi connectivity index (χ1v) is 5.63. The first-order chi connectivity index (χ1) is 7.95. The molecule has 0 aliphatic rings. The Hall–Kier alpha value is -1.22. The van der Waals surface area contributed by atoms with E-state index in [-0.39, 0.29) is 5.56 Å². The number of aliphatic hydroxyl groups is 1. The van der Waals surface area contributed by atoms with E-state index < -0.39 is 30.3 Å². The van der Waals surface area contributed by atoms with Crippen molar-refractivity contribution in [2.24, 2.45) is 0 Å². The van der Waals surface area contributed by atoms with E-state index in [9.17, 15) is 14.0 Å². The summed E-state index contributed by atoms with van der Waals surface area (Å²) in [5.41, 5.74) is 0.159. The van der Waals surface area contributed by atoms with E-state index in [0.29, 0.717) is 3.57 Å². The van der Waals surface area contributed by atoms with Crippen LogP contribution in [0.25, 0.3) is 0 Å². The average Bonchev–Trinajstić information content (AvgIpc) is 2.24. The van der Waals surface area contributed by atoms with Gasteiger partial charge in [-0.05, 0) is 40.8 Å². The zero-order valence-electron chi connectivity index (χ0n) is 8.48. The van der Waals surface area contributed by atoms with Crippen molar-refractivity contribution in [3.63, 3.8) is 0 Å². The highest BCUT2D eigenvalue weighted by atomic mass is 127. The maximum absolute atomic E-state index is 12.8. The van der Waals surface area contributed by atoms with Crippen molar-refractivity contribution < 1.29 is 24.2 Å². The second-order valence-corrected chi connectivity index (χ2v) is 4.33. The van der Waals surface area contributed by atoms with Gasteiger partial charge in [0.25, 0.3) is 5.91 Å². The molecule has 1 atom stereocenters. The van der Waals surface area contributed by atoms with Crippen LogP contribution in [0.2, 0.25) is 0 Å². The minimum atomic E-state index is -1.37. The van der Waals surface area contributed by atoms with Crippen LogP contribution in [0.5, 0.6) is 0 Å². The summed E-state index contributed by atoms with van der Waals surface area (Å²) in [5.74, 6) is -2.49. The highest BCUT2D eigenvalue weighted by molar-refractivity contribution is 14.1. The molecule has 92 valence electrons. The molecule has 0 unspecified atom stereocenters. The molecular formula is C10H9FINO4. The second-order valence-electron chi connectivity index (χ2n) is 3.17. The lowest BCUT2D eigenvalue weighted by molar-refractivity contribution is -0.140. The van der Waals surface area contributed by atoms with Crippen molar-refractivity contribution in [2.75, 3.05) is 6.61 Å². The van der Waals surface area contributed by atoms with E-state index in [1.807, 2.05) is 0 Å². The van der Waals surface area contributed by atoms with Gasteiger partial charge < -0.3 is 15.5 Å². The number of benzene rings is 1. The van der Waals surface area contributed by atoms with E-state index in [4.69, 9.17) is 10.2 Å². The zero-order valence-corrected chi connectivity index (χ0v) is 10.6. The maximum atomic E-state index is 12.8. The average molecular weight is 353 g/mol. The topological polar surface area (TPSA) is 86.6 Å². The Morgan fingerprint density at radius 2 is 2.12 bits per heavy atom. The van der Waals surface area contributed by atoms with Gasteiger partial charge >= 0.3 is 5.97 Å². The molecule has 0 spiro atoms. The molecule has 1 aromatic rings. The van der Waals surface area contributed by atoms with Crippen molar-refractivity contribution in [3.05, 3.63) is 33.1 Å². The molecule has 1 amide bonds. The van der Waals surface area contributed by atoms with Crippen molar-refractivity contribution in [2.45, 2.75) is 6.04 Å². The van der Waals surface area contributed by atoms with Gasteiger partial charge in [0.1, 0.15) is 5.82 Å². The van der Waals surface area contributed by atoms with Crippen LogP contribution in [0.3, 0.4) is 0 Å². The standard InChI is InChI=1S/C10H9FINO4/c11-5-1-2-6(7(12)3-5)9(15)13-8(4-14)10(16)17/h1-3,8,14H,4H2,(H,13,15)(H,16,17)/t8-/m1/s1. The number of hydrogen-bond donors (Lipinski definition) is 3. The predicted molar refractivity (Wildman–Crippen MR) is 65.1 cm³/mol. The molecule has 1 aromatic carbocycles. The van der Waals surface area contributed by atoms with Gasteiger partial charge in [-0.3, -0.25) is 4.79 Å². The van der Waals surface area contributed by atoms with E-state index >= 15 is 0 Å². The van der Waals surface area contributed by atoms with Gasteiger partial charge in [0.15, 0.2) is 6.04 Å². The quantitative estimate of drug-likeness (QED) is 0.693. The van der Waals surface area contributed by atoms with Crippen molar-refractivity contribution in [3.8, 4) is 0 Å². The fourth-order valence-electron chi connectivity index (χ4n) is 1.10. The predicted octanol–water partition coefficient (Wildman–Crippen LogP) is 0.606. The summed E-state index contributed by atoms with van der Waals surface area (Å²) in [6, 6.07) is 2.14. The van der Waals surface area contributed by atoms with Crippen LogP contribution in [0.15, 0.2) is 18.2 Å². The number of halogens is 2. The van der Waals surface area contributed by atoms with Crippen LogP contribution in [-0.4, -0.2) is 34.7 Å². The SMILES string of the molecule is O=C(N[C@H](CO)C(=O)O)c1ccc(F)cc1I. The molecule has 17 heavy (non-hydrogen) atoms. The summed E-state index contributed by atoms with van der Waals surface area (Å²) in [4.78, 5) is 22.2. The number of carboxylic acid groups (broad SMARTS) is 1. The molecular weight excluding hydrogens is 344 g/mol.